The molecule has 2 heterocycles. The summed E-state index contributed by atoms with van der Waals surface area (Å²) in [7, 11) is 0. The van der Waals surface area contributed by atoms with E-state index < -0.39 is 0 Å². The molecule has 0 spiro atoms. The molecule has 5 nitrogen and oxygen atoms in total. The number of nitrogens with zero attached hydrogens (tertiary/aromatic N) is 2. The first kappa shape index (κ1) is 13.0. The van der Waals surface area contributed by atoms with Crippen LogP contribution < -0.4 is 10.6 Å². The third kappa shape index (κ3) is 2.93. The topological polar surface area (TPSA) is 66.9 Å². The normalized spacial score (nSPS) is 19.5. The van der Waals surface area contributed by atoms with Crippen LogP contribution in [0.1, 0.15) is 25.7 Å². The molecule has 1 aliphatic rings. The van der Waals surface area contributed by atoms with Crippen molar-refractivity contribution in [2.45, 2.75) is 31.7 Å². The molecule has 5 heteroatoms. The van der Waals surface area contributed by atoms with E-state index >= 15 is 0 Å². The fourth-order valence-corrected chi connectivity index (χ4v) is 2.52. The highest BCUT2D eigenvalue weighted by Crippen LogP contribution is 2.16. The predicted molar refractivity (Wildman–Crippen MR) is 78.4 cm³/mol. The SMILES string of the molecule is O=C(Nc1ccc2nccnc2c1)C1CCCCCN1. The summed E-state index contributed by atoms with van der Waals surface area (Å²) in [4.78, 5) is 20.7. The molecule has 1 saturated heterocycles. The second-order valence-electron chi connectivity index (χ2n) is 5.11. The first-order chi connectivity index (χ1) is 9.83. The molecule has 1 aromatic carbocycles. The van der Waals surface area contributed by atoms with Crippen molar-refractivity contribution >= 4 is 22.6 Å². The molecule has 1 amide bonds. The number of carbonyl (C=O) groups is 1. The number of carbonyl (C=O) groups excluding carboxylic acids is 1. The first-order valence-electron chi connectivity index (χ1n) is 7.08. The van der Waals surface area contributed by atoms with Crippen molar-refractivity contribution in [3.63, 3.8) is 0 Å². The van der Waals surface area contributed by atoms with Crippen molar-refractivity contribution in [2.24, 2.45) is 0 Å². The fourth-order valence-electron chi connectivity index (χ4n) is 2.52. The zero-order chi connectivity index (χ0) is 13.8. The number of anilines is 1. The quantitative estimate of drug-likeness (QED) is 0.877. The van der Waals surface area contributed by atoms with Crippen molar-refractivity contribution in [3.05, 3.63) is 30.6 Å². The summed E-state index contributed by atoms with van der Waals surface area (Å²) in [5.41, 5.74) is 2.39. The second-order valence-corrected chi connectivity index (χ2v) is 5.11. The molecule has 2 N–H and O–H groups in total. The van der Waals surface area contributed by atoms with Crippen LogP contribution in [0.4, 0.5) is 5.69 Å². The lowest BCUT2D eigenvalue weighted by Crippen LogP contribution is -2.39. The van der Waals surface area contributed by atoms with Gasteiger partial charge in [0, 0.05) is 18.1 Å². The Bertz CT molecular complexity index is 606. The number of fused-ring (bicyclic) bond motifs is 1. The largest absolute Gasteiger partial charge is 0.325 e. The molecule has 0 bridgehead atoms. The van der Waals surface area contributed by atoms with Gasteiger partial charge in [0.25, 0.3) is 0 Å². The van der Waals surface area contributed by atoms with Gasteiger partial charge in [-0.25, -0.2) is 0 Å². The minimum Gasteiger partial charge on any atom is -0.325 e. The molecule has 2 aromatic rings. The third-order valence-corrected chi connectivity index (χ3v) is 3.61. The minimum atomic E-state index is -0.0879. The van der Waals surface area contributed by atoms with Crippen LogP contribution in [0.3, 0.4) is 0 Å². The van der Waals surface area contributed by atoms with Gasteiger partial charge in [-0.1, -0.05) is 12.8 Å². The van der Waals surface area contributed by atoms with Crippen molar-refractivity contribution < 1.29 is 4.79 Å². The Labute approximate surface area is 117 Å². The highest BCUT2D eigenvalue weighted by atomic mass is 16.2. The summed E-state index contributed by atoms with van der Waals surface area (Å²) in [6, 6.07) is 5.51. The molecule has 1 unspecified atom stereocenters. The average molecular weight is 270 g/mol. The molecule has 0 radical (unpaired) electrons. The molecule has 0 saturated carbocycles. The Morgan fingerprint density at radius 3 is 2.90 bits per heavy atom. The maximum absolute atomic E-state index is 12.2. The van der Waals surface area contributed by atoms with E-state index in [1.54, 1.807) is 12.4 Å². The molecule has 1 fully saturated rings. The van der Waals surface area contributed by atoms with E-state index in [1.807, 2.05) is 18.2 Å². The molecule has 1 aliphatic heterocycles. The van der Waals surface area contributed by atoms with Crippen molar-refractivity contribution in [2.75, 3.05) is 11.9 Å². The second kappa shape index (κ2) is 5.96. The molecule has 1 atom stereocenters. The Balaban J connectivity index is 1.73. The standard InChI is InChI=1S/C15H18N4O/c20-15(13-4-2-1-3-7-16-13)19-11-5-6-12-14(10-11)18-9-8-17-12/h5-6,8-10,13,16H,1-4,7H2,(H,19,20). The van der Waals surface area contributed by atoms with E-state index in [9.17, 15) is 4.79 Å². The van der Waals surface area contributed by atoms with Gasteiger partial charge in [-0.15, -0.1) is 0 Å². The number of amides is 1. The number of benzene rings is 1. The van der Waals surface area contributed by atoms with Crippen LogP contribution in [0.2, 0.25) is 0 Å². The van der Waals surface area contributed by atoms with Gasteiger partial charge in [-0.3, -0.25) is 14.8 Å². The van der Waals surface area contributed by atoms with Gasteiger partial charge in [-0.2, -0.15) is 0 Å². The monoisotopic (exact) mass is 270 g/mol. The maximum atomic E-state index is 12.2. The highest BCUT2D eigenvalue weighted by molar-refractivity contribution is 5.96. The van der Waals surface area contributed by atoms with Crippen LogP contribution in [-0.4, -0.2) is 28.5 Å². The zero-order valence-corrected chi connectivity index (χ0v) is 11.3. The number of nitrogens with one attached hydrogen (secondary N) is 2. The smallest absolute Gasteiger partial charge is 0.241 e. The van der Waals surface area contributed by atoms with Gasteiger partial charge in [0.2, 0.25) is 5.91 Å². The minimum absolute atomic E-state index is 0.0372. The molecular formula is C15H18N4O. The number of aromatic nitrogens is 2. The van der Waals surface area contributed by atoms with E-state index in [-0.39, 0.29) is 11.9 Å². The van der Waals surface area contributed by atoms with Crippen molar-refractivity contribution in [3.8, 4) is 0 Å². The number of hydrogen-bond donors (Lipinski definition) is 2. The maximum Gasteiger partial charge on any atom is 0.241 e. The highest BCUT2D eigenvalue weighted by Gasteiger charge is 2.19. The molecule has 20 heavy (non-hydrogen) atoms. The first-order valence-corrected chi connectivity index (χ1v) is 7.08. The van der Waals surface area contributed by atoms with Crippen molar-refractivity contribution in [1.29, 1.82) is 0 Å². The van der Waals surface area contributed by atoms with Crippen LogP contribution in [0.15, 0.2) is 30.6 Å². The summed E-state index contributed by atoms with van der Waals surface area (Å²) < 4.78 is 0. The third-order valence-electron chi connectivity index (χ3n) is 3.61. The van der Waals surface area contributed by atoms with Crippen LogP contribution in [0, 0.1) is 0 Å². The molecule has 1 aromatic heterocycles. The molecule has 3 rings (SSSR count). The zero-order valence-electron chi connectivity index (χ0n) is 11.3. The lowest BCUT2D eigenvalue weighted by Gasteiger charge is -2.15. The van der Waals surface area contributed by atoms with Crippen molar-refractivity contribution in [1.82, 2.24) is 15.3 Å². The Kier molecular flexibility index (Phi) is 3.87. The number of rotatable bonds is 2. The number of hydrogen-bond acceptors (Lipinski definition) is 4. The van der Waals surface area contributed by atoms with Crippen LogP contribution >= 0.6 is 0 Å². The van der Waals surface area contributed by atoms with Crippen LogP contribution in [0.5, 0.6) is 0 Å². The van der Waals surface area contributed by atoms with Gasteiger partial charge in [0.05, 0.1) is 17.1 Å². The van der Waals surface area contributed by atoms with Gasteiger partial charge in [0.15, 0.2) is 0 Å². The lowest BCUT2D eigenvalue weighted by molar-refractivity contribution is -0.118. The molecular weight excluding hydrogens is 252 g/mol. The molecule has 0 aliphatic carbocycles. The summed E-state index contributed by atoms with van der Waals surface area (Å²) in [6.07, 6.45) is 7.67. The van der Waals surface area contributed by atoms with Gasteiger partial charge >= 0.3 is 0 Å². The molecule has 104 valence electrons. The average Bonchev–Trinajstić information content (AvgIpc) is 2.76. The summed E-state index contributed by atoms with van der Waals surface area (Å²) in [6.45, 7) is 0.918. The van der Waals surface area contributed by atoms with E-state index in [4.69, 9.17) is 0 Å². The predicted octanol–water partition coefficient (Wildman–Crippen LogP) is 2.10. The fraction of sp³-hybridized carbons (Fsp3) is 0.400. The van der Waals surface area contributed by atoms with Gasteiger partial charge < -0.3 is 10.6 Å². The van der Waals surface area contributed by atoms with E-state index in [0.29, 0.717) is 0 Å². The van der Waals surface area contributed by atoms with E-state index in [0.717, 1.165) is 42.5 Å². The summed E-state index contributed by atoms with van der Waals surface area (Å²) in [5, 5.41) is 6.26. The van der Waals surface area contributed by atoms with Crippen LogP contribution in [-0.2, 0) is 4.79 Å². The van der Waals surface area contributed by atoms with E-state index in [2.05, 4.69) is 20.6 Å². The van der Waals surface area contributed by atoms with Crippen LogP contribution in [0.25, 0.3) is 11.0 Å². The van der Waals surface area contributed by atoms with Gasteiger partial charge in [0.1, 0.15) is 0 Å². The Morgan fingerprint density at radius 2 is 2.00 bits per heavy atom. The lowest BCUT2D eigenvalue weighted by atomic mass is 10.1. The van der Waals surface area contributed by atoms with Gasteiger partial charge in [-0.05, 0) is 37.6 Å². The summed E-state index contributed by atoms with van der Waals surface area (Å²) >= 11 is 0. The Hall–Kier alpha value is -2.01. The van der Waals surface area contributed by atoms with E-state index in [1.165, 1.54) is 6.42 Å². The summed E-state index contributed by atoms with van der Waals surface area (Å²) in [5.74, 6) is 0.0372. The Morgan fingerprint density at radius 1 is 1.15 bits per heavy atom.